The van der Waals surface area contributed by atoms with Crippen LogP contribution in [0.5, 0.6) is 0 Å². The number of para-hydroxylation sites is 2. The Morgan fingerprint density at radius 3 is 2.42 bits per heavy atom. The minimum Gasteiger partial charge on any atom is -0.322 e. The van der Waals surface area contributed by atoms with Gasteiger partial charge in [0, 0.05) is 21.7 Å². The molecule has 3 nitrogen and oxygen atoms in total. The van der Waals surface area contributed by atoms with E-state index in [1.54, 1.807) is 12.1 Å². The zero-order valence-electron chi connectivity index (χ0n) is 17.5. The standard InChI is InChI=1S/C26H22Cl2N2O/c1-15(2)18-8-4-6-10-22(18)30-26(31)24-16(3)25(19-13-12-17(27)14-21(19)28)29-23-11-7-5-9-20(23)24/h4-15H,1-3H3,(H,30,31). The second-order valence-electron chi connectivity index (χ2n) is 7.80. The number of nitrogens with zero attached hydrogens (tertiary/aromatic N) is 1. The first kappa shape index (κ1) is 21.4. The number of hydrogen-bond acceptors (Lipinski definition) is 2. The topological polar surface area (TPSA) is 42.0 Å². The Kier molecular flexibility index (Phi) is 5.99. The molecule has 0 radical (unpaired) electrons. The average molecular weight is 449 g/mol. The number of carbonyl (C=O) groups is 1. The summed E-state index contributed by atoms with van der Waals surface area (Å²) in [6, 6.07) is 20.8. The fraction of sp³-hybridized carbons (Fsp3) is 0.154. The Hall–Kier alpha value is -2.88. The van der Waals surface area contributed by atoms with E-state index in [4.69, 9.17) is 28.2 Å². The zero-order chi connectivity index (χ0) is 22.1. The summed E-state index contributed by atoms with van der Waals surface area (Å²) in [5.41, 5.74) is 5.40. The average Bonchev–Trinajstić information content (AvgIpc) is 2.74. The number of hydrogen-bond donors (Lipinski definition) is 1. The van der Waals surface area contributed by atoms with Gasteiger partial charge < -0.3 is 5.32 Å². The monoisotopic (exact) mass is 448 g/mol. The molecule has 0 aliphatic carbocycles. The van der Waals surface area contributed by atoms with Gasteiger partial charge in [-0.05, 0) is 54.3 Å². The Morgan fingerprint density at radius 2 is 1.68 bits per heavy atom. The van der Waals surface area contributed by atoms with E-state index >= 15 is 0 Å². The molecule has 1 aromatic heterocycles. The van der Waals surface area contributed by atoms with E-state index in [0.717, 1.165) is 33.3 Å². The fourth-order valence-electron chi connectivity index (χ4n) is 3.84. The van der Waals surface area contributed by atoms with Gasteiger partial charge in [0.15, 0.2) is 0 Å². The maximum Gasteiger partial charge on any atom is 0.256 e. The maximum absolute atomic E-state index is 13.6. The number of carbonyl (C=O) groups excluding carboxylic acids is 1. The van der Waals surface area contributed by atoms with Crippen LogP contribution in [0.25, 0.3) is 22.2 Å². The highest BCUT2D eigenvalue weighted by Gasteiger charge is 2.21. The number of halogens is 2. The third-order valence-corrected chi connectivity index (χ3v) is 5.93. The van der Waals surface area contributed by atoms with E-state index < -0.39 is 0 Å². The van der Waals surface area contributed by atoms with Crippen molar-refractivity contribution < 1.29 is 4.79 Å². The van der Waals surface area contributed by atoms with Crippen molar-refractivity contribution in [2.24, 2.45) is 0 Å². The highest BCUT2D eigenvalue weighted by molar-refractivity contribution is 6.36. The van der Waals surface area contributed by atoms with Gasteiger partial charge in [0.1, 0.15) is 0 Å². The summed E-state index contributed by atoms with van der Waals surface area (Å²) in [5.74, 6) is 0.116. The Balaban J connectivity index is 1.89. The molecule has 5 heteroatoms. The molecule has 0 aliphatic rings. The first-order chi connectivity index (χ1) is 14.9. The van der Waals surface area contributed by atoms with Crippen LogP contribution in [0, 0.1) is 6.92 Å². The molecule has 1 amide bonds. The molecule has 4 rings (SSSR count). The number of benzene rings is 3. The largest absolute Gasteiger partial charge is 0.322 e. The number of fused-ring (bicyclic) bond motifs is 1. The molecule has 0 fully saturated rings. The van der Waals surface area contributed by atoms with Gasteiger partial charge in [-0.15, -0.1) is 0 Å². The fourth-order valence-corrected chi connectivity index (χ4v) is 4.34. The van der Waals surface area contributed by atoms with Crippen molar-refractivity contribution in [1.82, 2.24) is 4.98 Å². The van der Waals surface area contributed by atoms with E-state index in [2.05, 4.69) is 19.2 Å². The van der Waals surface area contributed by atoms with Crippen LogP contribution in [-0.2, 0) is 0 Å². The smallest absolute Gasteiger partial charge is 0.256 e. The van der Waals surface area contributed by atoms with Crippen molar-refractivity contribution in [1.29, 1.82) is 0 Å². The number of amides is 1. The molecule has 31 heavy (non-hydrogen) atoms. The molecular formula is C26H22Cl2N2O. The summed E-state index contributed by atoms with van der Waals surface area (Å²) in [6.07, 6.45) is 0. The third kappa shape index (κ3) is 4.16. The molecule has 0 unspecified atom stereocenters. The summed E-state index contributed by atoms with van der Waals surface area (Å²) in [4.78, 5) is 18.4. The minimum atomic E-state index is -0.171. The van der Waals surface area contributed by atoms with Crippen LogP contribution >= 0.6 is 23.2 Å². The van der Waals surface area contributed by atoms with Crippen molar-refractivity contribution in [3.8, 4) is 11.3 Å². The molecule has 156 valence electrons. The Morgan fingerprint density at radius 1 is 0.968 bits per heavy atom. The SMILES string of the molecule is Cc1c(-c2ccc(Cl)cc2Cl)nc2ccccc2c1C(=O)Nc1ccccc1C(C)C. The number of nitrogens with one attached hydrogen (secondary N) is 1. The Bertz CT molecular complexity index is 1300. The van der Waals surface area contributed by atoms with Gasteiger partial charge in [-0.25, -0.2) is 4.98 Å². The van der Waals surface area contributed by atoms with Crippen molar-refractivity contribution in [2.45, 2.75) is 26.7 Å². The molecule has 0 atom stereocenters. The van der Waals surface area contributed by atoms with Crippen molar-refractivity contribution in [3.05, 3.63) is 93.5 Å². The lowest BCUT2D eigenvalue weighted by Crippen LogP contribution is -2.16. The van der Waals surface area contributed by atoms with E-state index in [0.29, 0.717) is 21.3 Å². The van der Waals surface area contributed by atoms with Gasteiger partial charge >= 0.3 is 0 Å². The van der Waals surface area contributed by atoms with Gasteiger partial charge in [-0.1, -0.05) is 73.4 Å². The highest BCUT2D eigenvalue weighted by Crippen LogP contribution is 2.35. The summed E-state index contributed by atoms with van der Waals surface area (Å²) in [5, 5.41) is 4.97. The van der Waals surface area contributed by atoms with Crippen LogP contribution in [0.3, 0.4) is 0 Å². The lowest BCUT2D eigenvalue weighted by Gasteiger charge is -2.17. The summed E-state index contributed by atoms with van der Waals surface area (Å²) < 4.78 is 0. The molecule has 3 aromatic carbocycles. The van der Waals surface area contributed by atoms with Crippen LogP contribution in [0.4, 0.5) is 5.69 Å². The molecule has 1 heterocycles. The number of anilines is 1. The molecule has 4 aromatic rings. The molecule has 1 N–H and O–H groups in total. The van der Waals surface area contributed by atoms with Gasteiger partial charge in [-0.3, -0.25) is 4.79 Å². The summed E-state index contributed by atoms with van der Waals surface area (Å²) in [6.45, 7) is 6.13. The maximum atomic E-state index is 13.6. The molecule has 0 aliphatic heterocycles. The zero-order valence-corrected chi connectivity index (χ0v) is 19.1. The van der Waals surface area contributed by atoms with Gasteiger partial charge in [0.05, 0.1) is 21.8 Å². The van der Waals surface area contributed by atoms with Crippen LogP contribution in [0.2, 0.25) is 10.0 Å². The van der Waals surface area contributed by atoms with Crippen molar-refractivity contribution in [3.63, 3.8) is 0 Å². The lowest BCUT2D eigenvalue weighted by molar-refractivity contribution is 0.102. The third-order valence-electron chi connectivity index (χ3n) is 5.38. The molecular weight excluding hydrogens is 427 g/mol. The van der Waals surface area contributed by atoms with E-state index in [1.807, 2.05) is 61.5 Å². The highest BCUT2D eigenvalue weighted by atomic mass is 35.5. The number of aromatic nitrogens is 1. The first-order valence-electron chi connectivity index (χ1n) is 10.1. The molecule has 0 saturated heterocycles. The van der Waals surface area contributed by atoms with Crippen LogP contribution in [0.15, 0.2) is 66.7 Å². The first-order valence-corrected chi connectivity index (χ1v) is 10.9. The second kappa shape index (κ2) is 8.70. The molecule has 0 saturated carbocycles. The van der Waals surface area contributed by atoms with Crippen molar-refractivity contribution >= 4 is 45.7 Å². The predicted molar refractivity (Wildman–Crippen MR) is 130 cm³/mol. The molecule has 0 bridgehead atoms. The Labute approximate surface area is 192 Å². The van der Waals surface area contributed by atoms with Crippen molar-refractivity contribution in [2.75, 3.05) is 5.32 Å². The van der Waals surface area contributed by atoms with Crippen LogP contribution < -0.4 is 5.32 Å². The minimum absolute atomic E-state index is 0.171. The van der Waals surface area contributed by atoms with Gasteiger partial charge in [-0.2, -0.15) is 0 Å². The summed E-state index contributed by atoms with van der Waals surface area (Å²) in [7, 11) is 0. The van der Waals surface area contributed by atoms with E-state index in [9.17, 15) is 4.79 Å². The predicted octanol–water partition coefficient (Wildman–Crippen LogP) is 7.89. The quantitative estimate of drug-likeness (QED) is 0.344. The van der Waals surface area contributed by atoms with Gasteiger partial charge in [0.2, 0.25) is 0 Å². The lowest BCUT2D eigenvalue weighted by atomic mass is 9.96. The number of rotatable bonds is 4. The van der Waals surface area contributed by atoms with Crippen LogP contribution in [0.1, 0.15) is 41.3 Å². The normalized spacial score (nSPS) is 11.2. The van der Waals surface area contributed by atoms with Gasteiger partial charge in [0.25, 0.3) is 5.91 Å². The summed E-state index contributed by atoms with van der Waals surface area (Å²) >= 11 is 12.6. The van der Waals surface area contributed by atoms with E-state index in [1.165, 1.54) is 0 Å². The molecule has 0 spiro atoms. The second-order valence-corrected chi connectivity index (χ2v) is 8.64. The van der Waals surface area contributed by atoms with Crippen LogP contribution in [-0.4, -0.2) is 10.9 Å². The van der Waals surface area contributed by atoms with E-state index in [-0.39, 0.29) is 11.8 Å². The number of pyridine rings is 1.